The molecule has 1 heterocycles. The van der Waals surface area contributed by atoms with E-state index >= 15 is 0 Å². The van der Waals surface area contributed by atoms with Crippen molar-refractivity contribution in [1.82, 2.24) is 4.31 Å². The highest BCUT2D eigenvalue weighted by Crippen LogP contribution is 2.17. The van der Waals surface area contributed by atoms with Gasteiger partial charge >= 0.3 is 10.2 Å². The highest BCUT2D eigenvalue weighted by Gasteiger charge is 2.22. The van der Waals surface area contributed by atoms with Crippen LogP contribution in [-0.4, -0.2) is 37.5 Å². The molecule has 114 valence electrons. The molecule has 1 fully saturated rings. The van der Waals surface area contributed by atoms with Crippen molar-refractivity contribution in [1.29, 1.82) is 0 Å². The van der Waals surface area contributed by atoms with Gasteiger partial charge in [-0.15, -0.1) is 0 Å². The molecule has 0 aliphatic carbocycles. The van der Waals surface area contributed by atoms with Gasteiger partial charge in [0.1, 0.15) is 6.61 Å². The summed E-state index contributed by atoms with van der Waals surface area (Å²) in [5.41, 5.74) is 1.26. The Morgan fingerprint density at radius 1 is 1.10 bits per heavy atom. The van der Waals surface area contributed by atoms with E-state index in [2.05, 4.69) is 16.6 Å². The van der Waals surface area contributed by atoms with Gasteiger partial charge in [-0.3, -0.25) is 4.72 Å². The predicted octanol–water partition coefficient (Wildman–Crippen LogP) is 1.56. The maximum atomic E-state index is 12.3. The lowest BCUT2D eigenvalue weighted by atomic mass is 10.2. The first-order chi connectivity index (χ1) is 10.1. The number of nitrogens with zero attached hydrogens (tertiary/aromatic N) is 1. The molecule has 0 atom stereocenters. The van der Waals surface area contributed by atoms with E-state index in [4.69, 9.17) is 5.11 Å². The van der Waals surface area contributed by atoms with E-state index in [1.165, 1.54) is 4.31 Å². The molecule has 0 saturated carbocycles. The van der Waals surface area contributed by atoms with Gasteiger partial charge in [0.2, 0.25) is 0 Å². The SMILES string of the molecule is O=S(=O)(Nc1ccc(C#CCO)cc1)N1CCCCCC1. The second-order valence-corrected chi connectivity index (χ2v) is 6.63. The Hall–Kier alpha value is -1.55. The molecular weight excluding hydrogens is 288 g/mol. The summed E-state index contributed by atoms with van der Waals surface area (Å²) >= 11 is 0. The van der Waals surface area contributed by atoms with Crippen molar-refractivity contribution in [3.63, 3.8) is 0 Å². The van der Waals surface area contributed by atoms with Crippen molar-refractivity contribution >= 4 is 15.9 Å². The maximum absolute atomic E-state index is 12.3. The van der Waals surface area contributed by atoms with Crippen LogP contribution < -0.4 is 4.72 Å². The fourth-order valence-electron chi connectivity index (χ4n) is 2.26. The monoisotopic (exact) mass is 308 g/mol. The standard InChI is InChI=1S/C15H20N2O3S/c18-13-5-6-14-7-9-15(10-8-14)16-21(19,20)17-11-3-1-2-4-12-17/h7-10,16,18H,1-4,11-13H2. The largest absolute Gasteiger partial charge is 0.384 e. The number of aliphatic hydroxyl groups is 1. The molecule has 0 unspecified atom stereocenters. The summed E-state index contributed by atoms with van der Waals surface area (Å²) in [5, 5.41) is 8.63. The van der Waals surface area contributed by atoms with Crippen LogP contribution in [0.1, 0.15) is 31.2 Å². The molecule has 1 aromatic rings. The van der Waals surface area contributed by atoms with Crippen molar-refractivity contribution in [3.8, 4) is 11.8 Å². The first-order valence-corrected chi connectivity index (χ1v) is 8.53. The van der Waals surface area contributed by atoms with Crippen LogP contribution in [0.25, 0.3) is 0 Å². The first-order valence-electron chi connectivity index (χ1n) is 7.09. The van der Waals surface area contributed by atoms with Crippen LogP contribution in [-0.2, 0) is 10.2 Å². The molecule has 2 rings (SSSR count). The Morgan fingerprint density at radius 2 is 1.71 bits per heavy atom. The highest BCUT2D eigenvalue weighted by molar-refractivity contribution is 7.90. The summed E-state index contributed by atoms with van der Waals surface area (Å²) in [6, 6.07) is 6.80. The fourth-order valence-corrected chi connectivity index (χ4v) is 3.56. The Morgan fingerprint density at radius 3 is 2.29 bits per heavy atom. The molecule has 0 aromatic heterocycles. The Labute approximate surface area is 126 Å². The van der Waals surface area contributed by atoms with Crippen LogP contribution in [0, 0.1) is 11.8 Å². The number of benzene rings is 1. The number of nitrogens with one attached hydrogen (secondary N) is 1. The quantitative estimate of drug-likeness (QED) is 0.833. The van der Waals surface area contributed by atoms with E-state index in [9.17, 15) is 8.42 Å². The summed E-state index contributed by atoms with van der Waals surface area (Å²) in [4.78, 5) is 0. The molecule has 0 bridgehead atoms. The van der Waals surface area contributed by atoms with Gasteiger partial charge in [-0.05, 0) is 37.1 Å². The minimum atomic E-state index is -3.48. The first kappa shape index (κ1) is 15.8. The second-order valence-electron chi connectivity index (χ2n) is 4.96. The molecule has 1 aliphatic heterocycles. The van der Waals surface area contributed by atoms with E-state index < -0.39 is 10.2 Å². The topological polar surface area (TPSA) is 69.6 Å². The maximum Gasteiger partial charge on any atom is 0.301 e. The molecular formula is C15H20N2O3S. The average Bonchev–Trinajstić information content (AvgIpc) is 2.76. The molecule has 1 saturated heterocycles. The minimum Gasteiger partial charge on any atom is -0.384 e. The molecule has 1 aliphatic rings. The zero-order chi connectivity index (χ0) is 15.1. The lowest BCUT2D eigenvalue weighted by Gasteiger charge is -2.20. The van der Waals surface area contributed by atoms with Crippen LogP contribution in [0.4, 0.5) is 5.69 Å². The summed E-state index contributed by atoms with van der Waals surface area (Å²) in [6.45, 7) is 0.966. The summed E-state index contributed by atoms with van der Waals surface area (Å²) in [7, 11) is -3.48. The Kier molecular flexibility index (Phi) is 5.62. The van der Waals surface area contributed by atoms with Gasteiger partial charge in [0.25, 0.3) is 0 Å². The molecule has 0 radical (unpaired) electrons. The van der Waals surface area contributed by atoms with E-state index in [-0.39, 0.29) is 6.61 Å². The van der Waals surface area contributed by atoms with E-state index in [0.29, 0.717) is 18.8 Å². The number of anilines is 1. The van der Waals surface area contributed by atoms with Crippen molar-refractivity contribution in [2.75, 3.05) is 24.4 Å². The van der Waals surface area contributed by atoms with Crippen LogP contribution in [0.3, 0.4) is 0 Å². The molecule has 5 nitrogen and oxygen atoms in total. The van der Waals surface area contributed by atoms with Crippen LogP contribution in [0.2, 0.25) is 0 Å². The van der Waals surface area contributed by atoms with Gasteiger partial charge in [0.15, 0.2) is 0 Å². The van der Waals surface area contributed by atoms with E-state index in [1.54, 1.807) is 24.3 Å². The second kappa shape index (κ2) is 7.46. The normalized spacial score (nSPS) is 16.6. The van der Waals surface area contributed by atoms with Crippen LogP contribution in [0.5, 0.6) is 0 Å². The molecule has 21 heavy (non-hydrogen) atoms. The molecule has 6 heteroatoms. The van der Waals surface area contributed by atoms with Gasteiger partial charge in [-0.1, -0.05) is 24.7 Å². The highest BCUT2D eigenvalue weighted by atomic mass is 32.2. The summed E-state index contributed by atoms with van der Waals surface area (Å²) in [5.74, 6) is 5.32. The van der Waals surface area contributed by atoms with Gasteiger partial charge in [0, 0.05) is 24.3 Å². The van der Waals surface area contributed by atoms with Crippen molar-refractivity contribution in [2.45, 2.75) is 25.7 Å². The zero-order valence-corrected chi connectivity index (χ0v) is 12.7. The van der Waals surface area contributed by atoms with Crippen LogP contribution >= 0.6 is 0 Å². The smallest absolute Gasteiger partial charge is 0.301 e. The van der Waals surface area contributed by atoms with E-state index in [1.807, 2.05) is 0 Å². The lowest BCUT2D eigenvalue weighted by molar-refractivity contribution is 0.350. The van der Waals surface area contributed by atoms with Gasteiger partial charge < -0.3 is 5.11 Å². The Balaban J connectivity index is 2.05. The van der Waals surface area contributed by atoms with Gasteiger partial charge in [-0.25, -0.2) is 0 Å². The average molecular weight is 308 g/mol. The number of hydrogen-bond acceptors (Lipinski definition) is 3. The number of aliphatic hydroxyl groups excluding tert-OH is 1. The minimum absolute atomic E-state index is 0.191. The summed E-state index contributed by atoms with van der Waals surface area (Å²) in [6.07, 6.45) is 4.00. The number of rotatable bonds is 3. The van der Waals surface area contributed by atoms with Crippen LogP contribution in [0.15, 0.2) is 24.3 Å². The van der Waals surface area contributed by atoms with Crippen molar-refractivity contribution in [3.05, 3.63) is 29.8 Å². The third-order valence-corrected chi connectivity index (χ3v) is 4.89. The molecule has 1 aromatic carbocycles. The zero-order valence-electron chi connectivity index (χ0n) is 11.9. The molecule has 0 amide bonds. The third-order valence-electron chi connectivity index (χ3n) is 3.35. The van der Waals surface area contributed by atoms with Crippen molar-refractivity contribution in [2.24, 2.45) is 0 Å². The predicted molar refractivity (Wildman–Crippen MR) is 83.0 cm³/mol. The summed E-state index contributed by atoms with van der Waals surface area (Å²) < 4.78 is 28.8. The number of hydrogen-bond donors (Lipinski definition) is 2. The van der Waals surface area contributed by atoms with E-state index in [0.717, 1.165) is 31.2 Å². The van der Waals surface area contributed by atoms with Gasteiger partial charge in [0.05, 0.1) is 0 Å². The molecule has 0 spiro atoms. The van der Waals surface area contributed by atoms with Gasteiger partial charge in [-0.2, -0.15) is 12.7 Å². The Bertz CT molecular complexity index is 607. The third kappa shape index (κ3) is 4.74. The lowest BCUT2D eigenvalue weighted by Crippen LogP contribution is -2.36. The molecule has 2 N–H and O–H groups in total. The fraction of sp³-hybridized carbons (Fsp3) is 0.467. The van der Waals surface area contributed by atoms with Crippen molar-refractivity contribution < 1.29 is 13.5 Å².